The van der Waals surface area contributed by atoms with Crippen molar-refractivity contribution in [3.63, 3.8) is 0 Å². The van der Waals surface area contributed by atoms with E-state index in [0.29, 0.717) is 6.04 Å². The topological polar surface area (TPSA) is 49.3 Å². The van der Waals surface area contributed by atoms with E-state index >= 15 is 0 Å². The zero-order valence-electron chi connectivity index (χ0n) is 9.03. The van der Waals surface area contributed by atoms with E-state index in [4.69, 9.17) is 16.7 Å². The van der Waals surface area contributed by atoms with E-state index in [2.05, 4.69) is 12.2 Å². The Labute approximate surface area is 99.4 Å². The van der Waals surface area contributed by atoms with Crippen molar-refractivity contribution in [2.45, 2.75) is 25.8 Å². The lowest BCUT2D eigenvalue weighted by molar-refractivity contribution is 0.0697. The second kappa shape index (κ2) is 4.34. The molecule has 1 fully saturated rings. The largest absolute Gasteiger partial charge is 0.478 e. The predicted octanol–water partition coefficient (Wildman–Crippen LogP) is 3.25. The molecule has 2 rings (SSSR count). The molecule has 16 heavy (non-hydrogen) atoms. The van der Waals surface area contributed by atoms with E-state index in [0.717, 1.165) is 24.4 Å². The Hall–Kier alpha value is -1.22. The molecule has 86 valence electrons. The van der Waals surface area contributed by atoms with Gasteiger partial charge in [0.05, 0.1) is 10.6 Å². The van der Waals surface area contributed by atoms with Crippen molar-refractivity contribution in [1.29, 1.82) is 0 Å². The summed E-state index contributed by atoms with van der Waals surface area (Å²) in [5.74, 6) is -0.223. The SMILES string of the molecule is CC1CC(Nc2ccc(Cl)c(C(=O)O)c2)C1. The van der Waals surface area contributed by atoms with Crippen LogP contribution in [-0.2, 0) is 0 Å². The number of carbonyl (C=O) groups is 1. The molecule has 0 aliphatic heterocycles. The molecule has 0 amide bonds. The number of carboxylic acids is 1. The number of aromatic carboxylic acids is 1. The summed E-state index contributed by atoms with van der Waals surface area (Å²) >= 11 is 5.79. The van der Waals surface area contributed by atoms with Crippen LogP contribution in [0, 0.1) is 5.92 Å². The van der Waals surface area contributed by atoms with Crippen LogP contribution in [0.5, 0.6) is 0 Å². The number of halogens is 1. The molecular formula is C12H14ClNO2. The second-order valence-corrected chi connectivity index (χ2v) is 4.82. The van der Waals surface area contributed by atoms with Gasteiger partial charge in [0.25, 0.3) is 0 Å². The summed E-state index contributed by atoms with van der Waals surface area (Å²) in [6.07, 6.45) is 2.29. The van der Waals surface area contributed by atoms with Gasteiger partial charge in [-0.1, -0.05) is 18.5 Å². The molecule has 1 aliphatic carbocycles. The van der Waals surface area contributed by atoms with E-state index in [1.165, 1.54) is 0 Å². The summed E-state index contributed by atoms with van der Waals surface area (Å²) in [5, 5.41) is 12.5. The molecule has 1 saturated carbocycles. The summed E-state index contributed by atoms with van der Waals surface area (Å²) in [6.45, 7) is 2.21. The van der Waals surface area contributed by atoms with Crippen LogP contribution < -0.4 is 5.32 Å². The maximum Gasteiger partial charge on any atom is 0.337 e. The third-order valence-electron chi connectivity index (χ3n) is 2.94. The lowest BCUT2D eigenvalue weighted by atomic mass is 9.82. The first-order chi connectivity index (χ1) is 7.56. The molecule has 0 spiro atoms. The number of rotatable bonds is 3. The second-order valence-electron chi connectivity index (χ2n) is 4.42. The van der Waals surface area contributed by atoms with Gasteiger partial charge in [-0.3, -0.25) is 0 Å². The van der Waals surface area contributed by atoms with Crippen molar-refractivity contribution >= 4 is 23.3 Å². The Morgan fingerprint density at radius 1 is 1.50 bits per heavy atom. The molecule has 0 atom stereocenters. The average molecular weight is 240 g/mol. The molecule has 0 saturated heterocycles. The Morgan fingerprint density at radius 2 is 2.19 bits per heavy atom. The predicted molar refractivity (Wildman–Crippen MR) is 64.2 cm³/mol. The molecule has 0 heterocycles. The van der Waals surface area contributed by atoms with Crippen molar-refractivity contribution in [2.75, 3.05) is 5.32 Å². The lowest BCUT2D eigenvalue weighted by Gasteiger charge is -2.34. The van der Waals surface area contributed by atoms with Crippen molar-refractivity contribution in [3.8, 4) is 0 Å². The minimum Gasteiger partial charge on any atom is -0.478 e. The maximum absolute atomic E-state index is 10.9. The van der Waals surface area contributed by atoms with Crippen molar-refractivity contribution in [3.05, 3.63) is 28.8 Å². The van der Waals surface area contributed by atoms with Crippen molar-refractivity contribution < 1.29 is 9.90 Å². The highest BCUT2D eigenvalue weighted by molar-refractivity contribution is 6.33. The quantitative estimate of drug-likeness (QED) is 0.851. The summed E-state index contributed by atoms with van der Waals surface area (Å²) in [4.78, 5) is 10.9. The standard InChI is InChI=1S/C12H14ClNO2/c1-7-4-9(5-7)14-8-2-3-11(13)10(6-8)12(15)16/h2-3,6-7,9,14H,4-5H2,1H3,(H,15,16). The van der Waals surface area contributed by atoms with Crippen molar-refractivity contribution in [1.82, 2.24) is 0 Å². The van der Waals surface area contributed by atoms with Gasteiger partial charge in [0.1, 0.15) is 0 Å². The number of benzene rings is 1. The Kier molecular flexibility index (Phi) is 3.06. The highest BCUT2D eigenvalue weighted by Gasteiger charge is 2.25. The molecule has 0 bridgehead atoms. The van der Waals surface area contributed by atoms with E-state index in [-0.39, 0.29) is 10.6 Å². The minimum absolute atomic E-state index is 0.152. The van der Waals surface area contributed by atoms with Crippen LogP contribution in [0.4, 0.5) is 5.69 Å². The maximum atomic E-state index is 10.9. The molecule has 3 nitrogen and oxygen atoms in total. The van der Waals surface area contributed by atoms with Gasteiger partial charge < -0.3 is 10.4 Å². The van der Waals surface area contributed by atoms with Crippen LogP contribution in [0.3, 0.4) is 0 Å². The zero-order chi connectivity index (χ0) is 11.7. The van der Waals surface area contributed by atoms with E-state index in [9.17, 15) is 4.79 Å². The third-order valence-corrected chi connectivity index (χ3v) is 3.27. The van der Waals surface area contributed by atoms with E-state index in [1.807, 2.05) is 6.07 Å². The fourth-order valence-electron chi connectivity index (χ4n) is 2.03. The molecule has 1 aliphatic rings. The number of nitrogens with one attached hydrogen (secondary N) is 1. The fourth-order valence-corrected chi connectivity index (χ4v) is 2.23. The van der Waals surface area contributed by atoms with Crippen LogP contribution in [0.15, 0.2) is 18.2 Å². The van der Waals surface area contributed by atoms with Crippen LogP contribution >= 0.6 is 11.6 Å². The Balaban J connectivity index is 2.10. The molecule has 0 unspecified atom stereocenters. The third kappa shape index (κ3) is 2.30. The number of anilines is 1. The molecular weight excluding hydrogens is 226 g/mol. The van der Waals surface area contributed by atoms with Gasteiger partial charge in [-0.05, 0) is 37.0 Å². The molecule has 4 heteroatoms. The molecule has 2 N–H and O–H groups in total. The van der Waals surface area contributed by atoms with Crippen LogP contribution in [-0.4, -0.2) is 17.1 Å². The monoisotopic (exact) mass is 239 g/mol. The van der Waals surface area contributed by atoms with Crippen LogP contribution in [0.1, 0.15) is 30.1 Å². The first kappa shape index (κ1) is 11.3. The number of hydrogen-bond acceptors (Lipinski definition) is 2. The lowest BCUT2D eigenvalue weighted by Crippen LogP contribution is -2.33. The van der Waals surface area contributed by atoms with Crippen LogP contribution in [0.2, 0.25) is 5.02 Å². The molecule has 0 radical (unpaired) electrons. The number of hydrogen-bond donors (Lipinski definition) is 2. The van der Waals surface area contributed by atoms with Gasteiger partial charge in [0.15, 0.2) is 0 Å². The van der Waals surface area contributed by atoms with Gasteiger partial charge >= 0.3 is 5.97 Å². The zero-order valence-corrected chi connectivity index (χ0v) is 9.79. The molecule has 1 aromatic rings. The van der Waals surface area contributed by atoms with Gasteiger partial charge in [-0.15, -0.1) is 0 Å². The molecule has 1 aromatic carbocycles. The van der Waals surface area contributed by atoms with Crippen molar-refractivity contribution in [2.24, 2.45) is 5.92 Å². The summed E-state index contributed by atoms with van der Waals surface area (Å²) in [5.41, 5.74) is 0.984. The molecule has 0 aromatic heterocycles. The Bertz CT molecular complexity index is 413. The summed E-state index contributed by atoms with van der Waals surface area (Å²) in [7, 11) is 0. The van der Waals surface area contributed by atoms with E-state index < -0.39 is 5.97 Å². The summed E-state index contributed by atoms with van der Waals surface area (Å²) < 4.78 is 0. The average Bonchev–Trinajstić information content (AvgIpc) is 2.18. The summed E-state index contributed by atoms with van der Waals surface area (Å²) in [6, 6.07) is 5.50. The first-order valence-electron chi connectivity index (χ1n) is 5.35. The highest BCUT2D eigenvalue weighted by Crippen LogP contribution is 2.30. The van der Waals surface area contributed by atoms with E-state index in [1.54, 1.807) is 12.1 Å². The van der Waals surface area contributed by atoms with Gasteiger partial charge in [0, 0.05) is 11.7 Å². The van der Waals surface area contributed by atoms with Gasteiger partial charge in [-0.25, -0.2) is 4.79 Å². The van der Waals surface area contributed by atoms with Crippen LogP contribution in [0.25, 0.3) is 0 Å². The minimum atomic E-state index is -0.990. The number of carboxylic acid groups (broad SMARTS) is 1. The normalized spacial score (nSPS) is 23.6. The smallest absolute Gasteiger partial charge is 0.337 e. The van der Waals surface area contributed by atoms with Gasteiger partial charge in [-0.2, -0.15) is 0 Å². The Morgan fingerprint density at radius 3 is 2.75 bits per heavy atom. The highest BCUT2D eigenvalue weighted by atomic mass is 35.5. The first-order valence-corrected chi connectivity index (χ1v) is 5.73. The van der Waals surface area contributed by atoms with Gasteiger partial charge in [0.2, 0.25) is 0 Å². The fraction of sp³-hybridized carbons (Fsp3) is 0.417.